The first-order valence-corrected chi connectivity index (χ1v) is 5.17. The number of nitrogens with one attached hydrogen (secondary N) is 1. The normalized spacial score (nSPS) is 16.8. The van der Waals surface area contributed by atoms with E-state index in [4.69, 9.17) is 5.84 Å². The second-order valence-corrected chi connectivity index (χ2v) is 3.59. The van der Waals surface area contributed by atoms with Gasteiger partial charge in [-0.1, -0.05) is 0 Å². The summed E-state index contributed by atoms with van der Waals surface area (Å²) in [5, 5.41) is 3.77. The van der Waals surface area contributed by atoms with Crippen LogP contribution in [-0.4, -0.2) is 48.5 Å². The lowest BCUT2D eigenvalue weighted by Crippen LogP contribution is -2.52. The molecule has 0 aromatic heterocycles. The summed E-state index contributed by atoms with van der Waals surface area (Å²) in [6, 6.07) is -0.141. The summed E-state index contributed by atoms with van der Waals surface area (Å²) in [6.45, 7) is 1.95. The molecule has 6 nitrogen and oxygen atoms in total. The fourth-order valence-electron chi connectivity index (χ4n) is 1.57. The van der Waals surface area contributed by atoms with Crippen LogP contribution >= 0.6 is 0 Å². The van der Waals surface area contributed by atoms with Crippen LogP contribution in [0.2, 0.25) is 0 Å². The molecule has 0 aromatic rings. The highest BCUT2D eigenvalue weighted by molar-refractivity contribution is 5.76. The van der Waals surface area contributed by atoms with Gasteiger partial charge >= 0.3 is 6.03 Å². The van der Waals surface area contributed by atoms with Crippen molar-refractivity contribution in [3.63, 3.8) is 0 Å². The first kappa shape index (κ1) is 11.8. The molecule has 0 aromatic carbocycles. The molecule has 3 amide bonds. The van der Waals surface area contributed by atoms with E-state index in [1.807, 2.05) is 0 Å². The first-order chi connectivity index (χ1) is 7.15. The molecule has 1 saturated heterocycles. The molecule has 1 heterocycles. The highest BCUT2D eigenvalue weighted by atomic mass is 16.2. The Morgan fingerprint density at radius 2 is 2.27 bits per heavy atom. The molecule has 0 spiro atoms. The minimum absolute atomic E-state index is 0.00376. The average Bonchev–Trinajstić information content (AvgIpc) is 2.24. The Kier molecular flexibility index (Phi) is 4.36. The summed E-state index contributed by atoms with van der Waals surface area (Å²) in [5.74, 6) is 5.49. The van der Waals surface area contributed by atoms with E-state index in [0.29, 0.717) is 25.9 Å². The van der Waals surface area contributed by atoms with E-state index in [-0.39, 0.29) is 11.9 Å². The monoisotopic (exact) mass is 214 g/mol. The lowest BCUT2D eigenvalue weighted by atomic mass is 10.2. The Morgan fingerprint density at radius 3 is 2.93 bits per heavy atom. The molecule has 1 fully saturated rings. The third-order valence-corrected chi connectivity index (χ3v) is 2.45. The van der Waals surface area contributed by atoms with Crippen LogP contribution < -0.4 is 11.2 Å². The minimum Gasteiger partial charge on any atom is -0.359 e. The molecule has 0 radical (unpaired) electrons. The molecular formula is C9H18N4O2. The first-order valence-electron chi connectivity index (χ1n) is 5.17. The maximum absolute atomic E-state index is 11.5. The number of hydrogen-bond donors (Lipinski definition) is 2. The zero-order chi connectivity index (χ0) is 11.3. The summed E-state index contributed by atoms with van der Waals surface area (Å²) in [6.07, 6.45) is 2.02. The molecule has 3 N–H and O–H groups in total. The van der Waals surface area contributed by atoms with Crippen molar-refractivity contribution in [1.82, 2.24) is 15.2 Å². The van der Waals surface area contributed by atoms with Gasteiger partial charge in [0.15, 0.2) is 0 Å². The number of nitrogens with two attached hydrogens (primary N) is 1. The standard InChI is InChI=1S/C9H18N4O2/c1-11-8(14)4-2-5-12-6-3-7-13(10)9(12)15/h2-7,10H2,1H3,(H,11,14). The molecule has 0 atom stereocenters. The number of carbonyl (C=O) groups excluding carboxylic acids is 2. The molecule has 0 unspecified atom stereocenters. The maximum Gasteiger partial charge on any atom is 0.334 e. The van der Waals surface area contributed by atoms with Gasteiger partial charge in [-0.2, -0.15) is 0 Å². The Balaban J connectivity index is 2.25. The number of hydrogen-bond acceptors (Lipinski definition) is 3. The number of carbonyl (C=O) groups is 2. The molecule has 0 aliphatic carbocycles. The Bertz CT molecular complexity index is 244. The molecule has 0 saturated carbocycles. The maximum atomic E-state index is 11.5. The van der Waals surface area contributed by atoms with Crippen LogP contribution in [0.4, 0.5) is 4.79 Å². The highest BCUT2D eigenvalue weighted by Crippen LogP contribution is 2.06. The van der Waals surface area contributed by atoms with Crippen LogP contribution in [0.5, 0.6) is 0 Å². The van der Waals surface area contributed by atoms with Gasteiger partial charge in [-0.05, 0) is 12.8 Å². The van der Waals surface area contributed by atoms with E-state index in [1.165, 1.54) is 5.01 Å². The van der Waals surface area contributed by atoms with Crippen molar-refractivity contribution in [2.45, 2.75) is 19.3 Å². The van der Waals surface area contributed by atoms with Gasteiger partial charge in [0, 0.05) is 33.1 Å². The zero-order valence-corrected chi connectivity index (χ0v) is 9.03. The van der Waals surface area contributed by atoms with Crippen LogP contribution in [0.1, 0.15) is 19.3 Å². The number of hydrazine groups is 1. The molecular weight excluding hydrogens is 196 g/mol. The van der Waals surface area contributed by atoms with Crippen molar-refractivity contribution in [2.75, 3.05) is 26.7 Å². The van der Waals surface area contributed by atoms with E-state index in [2.05, 4.69) is 5.32 Å². The summed E-state index contributed by atoms with van der Waals surface area (Å²) in [7, 11) is 1.61. The van der Waals surface area contributed by atoms with E-state index in [1.54, 1.807) is 11.9 Å². The predicted octanol–water partition coefficient (Wildman–Crippen LogP) is -0.486. The molecule has 0 bridgehead atoms. The highest BCUT2D eigenvalue weighted by Gasteiger charge is 2.22. The lowest BCUT2D eigenvalue weighted by molar-refractivity contribution is -0.120. The van der Waals surface area contributed by atoms with Crippen molar-refractivity contribution < 1.29 is 9.59 Å². The fourth-order valence-corrected chi connectivity index (χ4v) is 1.57. The third-order valence-electron chi connectivity index (χ3n) is 2.45. The van der Waals surface area contributed by atoms with Crippen LogP contribution in [0, 0.1) is 0 Å². The van der Waals surface area contributed by atoms with Gasteiger partial charge in [-0.3, -0.25) is 9.80 Å². The van der Waals surface area contributed by atoms with Crippen LogP contribution in [0.25, 0.3) is 0 Å². The van der Waals surface area contributed by atoms with Gasteiger partial charge in [0.05, 0.1) is 0 Å². The Morgan fingerprint density at radius 1 is 1.53 bits per heavy atom. The summed E-state index contributed by atoms with van der Waals surface area (Å²) in [5.41, 5.74) is 0. The van der Waals surface area contributed by atoms with Crippen LogP contribution in [-0.2, 0) is 4.79 Å². The quantitative estimate of drug-likeness (QED) is 0.490. The van der Waals surface area contributed by atoms with Gasteiger partial charge in [0.1, 0.15) is 0 Å². The van der Waals surface area contributed by atoms with Crippen molar-refractivity contribution in [2.24, 2.45) is 5.84 Å². The van der Waals surface area contributed by atoms with Gasteiger partial charge in [0.2, 0.25) is 5.91 Å². The second-order valence-electron chi connectivity index (χ2n) is 3.59. The molecule has 6 heteroatoms. The van der Waals surface area contributed by atoms with Gasteiger partial charge in [0.25, 0.3) is 0 Å². The van der Waals surface area contributed by atoms with E-state index < -0.39 is 0 Å². The van der Waals surface area contributed by atoms with Crippen molar-refractivity contribution in [3.8, 4) is 0 Å². The van der Waals surface area contributed by atoms with Gasteiger partial charge < -0.3 is 10.2 Å². The molecule has 15 heavy (non-hydrogen) atoms. The smallest absolute Gasteiger partial charge is 0.334 e. The summed E-state index contributed by atoms with van der Waals surface area (Å²) < 4.78 is 0. The Labute approximate surface area is 89.4 Å². The minimum atomic E-state index is -0.141. The van der Waals surface area contributed by atoms with Gasteiger partial charge in [-0.25, -0.2) is 10.6 Å². The van der Waals surface area contributed by atoms with Gasteiger partial charge in [-0.15, -0.1) is 0 Å². The SMILES string of the molecule is CNC(=O)CCCN1CCCN(N)C1=O. The molecule has 1 aliphatic rings. The predicted molar refractivity (Wildman–Crippen MR) is 55.8 cm³/mol. The average molecular weight is 214 g/mol. The number of amides is 3. The topological polar surface area (TPSA) is 78.7 Å². The largest absolute Gasteiger partial charge is 0.359 e. The zero-order valence-electron chi connectivity index (χ0n) is 9.03. The van der Waals surface area contributed by atoms with E-state index in [9.17, 15) is 9.59 Å². The van der Waals surface area contributed by atoms with Crippen LogP contribution in [0.15, 0.2) is 0 Å². The molecule has 1 aliphatic heterocycles. The number of urea groups is 1. The fraction of sp³-hybridized carbons (Fsp3) is 0.778. The lowest BCUT2D eigenvalue weighted by Gasteiger charge is -2.32. The van der Waals surface area contributed by atoms with Crippen molar-refractivity contribution >= 4 is 11.9 Å². The summed E-state index contributed by atoms with van der Waals surface area (Å²) in [4.78, 5) is 24.1. The molecule has 1 rings (SSSR count). The number of rotatable bonds is 4. The molecule has 86 valence electrons. The van der Waals surface area contributed by atoms with E-state index in [0.717, 1.165) is 13.0 Å². The summed E-state index contributed by atoms with van der Waals surface area (Å²) >= 11 is 0. The number of nitrogens with zero attached hydrogens (tertiary/aromatic N) is 2. The van der Waals surface area contributed by atoms with Crippen molar-refractivity contribution in [3.05, 3.63) is 0 Å². The van der Waals surface area contributed by atoms with Crippen LogP contribution in [0.3, 0.4) is 0 Å². The second kappa shape index (κ2) is 5.55. The Hall–Kier alpha value is -1.30. The third kappa shape index (κ3) is 3.39. The van der Waals surface area contributed by atoms with E-state index >= 15 is 0 Å². The van der Waals surface area contributed by atoms with Crippen molar-refractivity contribution in [1.29, 1.82) is 0 Å².